The summed E-state index contributed by atoms with van der Waals surface area (Å²) >= 11 is 1.56. The molecule has 0 spiro atoms. The van der Waals surface area contributed by atoms with Gasteiger partial charge in [0, 0.05) is 19.8 Å². The second kappa shape index (κ2) is 8.91. The van der Waals surface area contributed by atoms with Crippen molar-refractivity contribution in [2.45, 2.75) is 25.8 Å². The predicted octanol–water partition coefficient (Wildman–Crippen LogP) is 2.77. The third-order valence-electron chi connectivity index (χ3n) is 5.56. The third-order valence-corrected chi connectivity index (χ3v) is 6.62. The Morgan fingerprint density at radius 2 is 2.00 bits per heavy atom. The van der Waals surface area contributed by atoms with Crippen molar-refractivity contribution >= 4 is 50.1 Å². The first-order valence-corrected chi connectivity index (χ1v) is 11.1. The second-order valence-corrected chi connectivity index (χ2v) is 8.96. The number of anilines is 2. The molecule has 9 nitrogen and oxygen atoms in total. The fourth-order valence-electron chi connectivity index (χ4n) is 3.94. The van der Waals surface area contributed by atoms with Crippen LogP contribution in [-0.2, 0) is 9.59 Å². The summed E-state index contributed by atoms with van der Waals surface area (Å²) in [6, 6.07) is 7.17. The summed E-state index contributed by atoms with van der Waals surface area (Å²) in [5.74, 6) is -1.79. The van der Waals surface area contributed by atoms with E-state index in [1.54, 1.807) is 16.2 Å². The smallest absolute Gasteiger partial charge is 0.313 e. The fraction of sp³-hybridized carbons (Fsp3) is 0.318. The maximum Gasteiger partial charge on any atom is 0.313 e. The molecule has 0 saturated carbocycles. The highest BCUT2D eigenvalue weighted by Gasteiger charge is 2.34. The number of nitrogens with zero attached hydrogens (tertiary/aromatic N) is 3. The molecule has 32 heavy (non-hydrogen) atoms. The SMILES string of the molecule is CNc1nc2cc(C3CC[C@H](C)CN3C(=O)C(=O)Nc3cncc(C(N)=O)c3)ccc2s1. The average Bonchev–Trinajstić information content (AvgIpc) is 3.21. The van der Waals surface area contributed by atoms with Gasteiger partial charge in [-0.05, 0) is 42.5 Å². The highest BCUT2D eigenvalue weighted by atomic mass is 32.1. The predicted molar refractivity (Wildman–Crippen MR) is 123 cm³/mol. The lowest BCUT2D eigenvalue weighted by Gasteiger charge is -2.38. The van der Waals surface area contributed by atoms with Crippen molar-refractivity contribution in [3.8, 4) is 0 Å². The maximum atomic E-state index is 13.1. The Bertz CT molecular complexity index is 1190. The minimum Gasteiger partial charge on any atom is -0.366 e. The number of rotatable bonds is 4. The Balaban J connectivity index is 1.57. The number of benzene rings is 1. The van der Waals surface area contributed by atoms with Crippen LogP contribution in [0.25, 0.3) is 10.2 Å². The summed E-state index contributed by atoms with van der Waals surface area (Å²) in [7, 11) is 1.83. The molecule has 3 heterocycles. The van der Waals surface area contributed by atoms with E-state index in [0.717, 1.165) is 33.8 Å². The number of aromatic nitrogens is 2. The van der Waals surface area contributed by atoms with E-state index in [-0.39, 0.29) is 23.2 Å². The molecule has 4 N–H and O–H groups in total. The molecule has 1 fully saturated rings. The first-order valence-electron chi connectivity index (χ1n) is 10.3. The number of primary amides is 1. The molecule has 3 amide bonds. The van der Waals surface area contributed by atoms with Gasteiger partial charge in [0.25, 0.3) is 0 Å². The summed E-state index contributed by atoms with van der Waals surface area (Å²) in [6.45, 7) is 2.55. The van der Waals surface area contributed by atoms with Gasteiger partial charge in [-0.1, -0.05) is 24.3 Å². The van der Waals surface area contributed by atoms with Crippen molar-refractivity contribution < 1.29 is 14.4 Å². The molecule has 10 heteroatoms. The van der Waals surface area contributed by atoms with Crippen LogP contribution in [0.15, 0.2) is 36.7 Å². The van der Waals surface area contributed by atoms with Crippen molar-refractivity contribution in [3.63, 3.8) is 0 Å². The van der Waals surface area contributed by atoms with Gasteiger partial charge in [-0.25, -0.2) is 4.98 Å². The molecule has 0 aliphatic carbocycles. The first kappa shape index (κ1) is 21.7. The number of nitrogens with two attached hydrogens (primary N) is 1. The van der Waals surface area contributed by atoms with Crippen LogP contribution >= 0.6 is 11.3 Å². The van der Waals surface area contributed by atoms with E-state index in [4.69, 9.17) is 5.73 Å². The third kappa shape index (κ3) is 4.40. The number of nitrogens with one attached hydrogen (secondary N) is 2. The van der Waals surface area contributed by atoms with Crippen molar-refractivity contribution in [2.24, 2.45) is 11.7 Å². The number of thiazole rings is 1. The number of fused-ring (bicyclic) bond motifs is 1. The minimum atomic E-state index is -0.778. The number of carbonyl (C=O) groups is 3. The van der Waals surface area contributed by atoms with Crippen LogP contribution in [0.3, 0.4) is 0 Å². The average molecular weight is 453 g/mol. The van der Waals surface area contributed by atoms with E-state index in [9.17, 15) is 14.4 Å². The Morgan fingerprint density at radius 1 is 1.19 bits per heavy atom. The van der Waals surface area contributed by atoms with Crippen molar-refractivity contribution in [1.29, 1.82) is 0 Å². The van der Waals surface area contributed by atoms with E-state index >= 15 is 0 Å². The molecule has 166 valence electrons. The molecule has 0 bridgehead atoms. The molecule has 3 aromatic rings. The van der Waals surface area contributed by atoms with Crippen molar-refractivity contribution in [2.75, 3.05) is 24.2 Å². The summed E-state index contributed by atoms with van der Waals surface area (Å²) in [6.07, 6.45) is 4.38. The van der Waals surface area contributed by atoms with Crippen LogP contribution in [0.5, 0.6) is 0 Å². The van der Waals surface area contributed by atoms with Crippen LogP contribution in [0.4, 0.5) is 10.8 Å². The number of pyridine rings is 1. The fourth-order valence-corrected chi connectivity index (χ4v) is 4.74. The van der Waals surface area contributed by atoms with Gasteiger partial charge in [0.15, 0.2) is 5.13 Å². The molecule has 1 unspecified atom stereocenters. The number of hydrogen-bond acceptors (Lipinski definition) is 7. The zero-order valence-corrected chi connectivity index (χ0v) is 18.6. The molecule has 1 aliphatic heterocycles. The number of carbonyl (C=O) groups excluding carboxylic acids is 3. The lowest BCUT2D eigenvalue weighted by Crippen LogP contribution is -2.46. The van der Waals surface area contributed by atoms with E-state index in [0.29, 0.717) is 6.54 Å². The van der Waals surface area contributed by atoms with Gasteiger partial charge in [-0.3, -0.25) is 19.4 Å². The van der Waals surface area contributed by atoms with Crippen LogP contribution in [0, 0.1) is 5.92 Å². The lowest BCUT2D eigenvalue weighted by molar-refractivity contribution is -0.146. The Kier molecular flexibility index (Phi) is 6.04. The number of likely N-dealkylation sites (tertiary alicyclic amines) is 1. The van der Waals surface area contributed by atoms with E-state index < -0.39 is 17.7 Å². The van der Waals surface area contributed by atoms with E-state index in [1.165, 1.54) is 18.5 Å². The number of piperidine rings is 1. The van der Waals surface area contributed by atoms with Crippen LogP contribution in [0.2, 0.25) is 0 Å². The van der Waals surface area contributed by atoms with Gasteiger partial charge < -0.3 is 21.3 Å². The molecular formula is C22H24N6O3S. The Morgan fingerprint density at radius 3 is 2.75 bits per heavy atom. The van der Waals surface area contributed by atoms with E-state index in [1.807, 2.05) is 25.2 Å². The summed E-state index contributed by atoms with van der Waals surface area (Å²) in [5.41, 5.74) is 7.47. The van der Waals surface area contributed by atoms with Gasteiger partial charge in [-0.2, -0.15) is 0 Å². The minimum absolute atomic E-state index is 0.150. The van der Waals surface area contributed by atoms with Gasteiger partial charge >= 0.3 is 11.8 Å². The van der Waals surface area contributed by atoms with Crippen LogP contribution in [0.1, 0.15) is 41.7 Å². The molecule has 4 rings (SSSR count). The monoisotopic (exact) mass is 452 g/mol. The Labute approximate surface area is 189 Å². The van der Waals surface area contributed by atoms with Crippen molar-refractivity contribution in [1.82, 2.24) is 14.9 Å². The summed E-state index contributed by atoms with van der Waals surface area (Å²) in [4.78, 5) is 47.3. The van der Waals surface area contributed by atoms with E-state index in [2.05, 4.69) is 27.5 Å². The summed E-state index contributed by atoms with van der Waals surface area (Å²) < 4.78 is 1.06. The quantitative estimate of drug-likeness (QED) is 0.522. The molecule has 1 aromatic carbocycles. The number of amides is 3. The second-order valence-electron chi connectivity index (χ2n) is 7.93. The molecule has 2 atom stereocenters. The van der Waals surface area contributed by atoms with Crippen LogP contribution in [-0.4, -0.2) is 46.2 Å². The number of hydrogen-bond donors (Lipinski definition) is 3. The highest BCUT2D eigenvalue weighted by Crippen LogP contribution is 2.36. The molecule has 1 aliphatic rings. The highest BCUT2D eigenvalue weighted by molar-refractivity contribution is 7.22. The zero-order chi connectivity index (χ0) is 22.8. The normalized spacial score (nSPS) is 18.4. The summed E-state index contributed by atoms with van der Waals surface area (Å²) in [5, 5.41) is 6.42. The molecular weight excluding hydrogens is 428 g/mol. The van der Waals surface area contributed by atoms with Crippen molar-refractivity contribution in [3.05, 3.63) is 47.8 Å². The molecule has 0 radical (unpaired) electrons. The Hall–Kier alpha value is -3.53. The molecule has 1 saturated heterocycles. The molecule has 2 aromatic heterocycles. The largest absolute Gasteiger partial charge is 0.366 e. The van der Waals surface area contributed by atoms with Gasteiger partial charge in [-0.15, -0.1) is 0 Å². The van der Waals surface area contributed by atoms with Gasteiger partial charge in [0.05, 0.1) is 33.7 Å². The lowest BCUT2D eigenvalue weighted by atomic mass is 9.89. The standard InChI is InChI=1S/C22H24N6O3S/c1-12-3-5-17(13-4-6-18-16(8-13)27-22(24-2)32-18)28(11-12)21(31)20(30)26-15-7-14(19(23)29)9-25-10-15/h4,6-10,12,17H,3,5,11H2,1-2H3,(H2,23,29)(H,24,27)(H,26,30)/t12-,17?/m0/s1. The van der Waals surface area contributed by atoms with Gasteiger partial charge in [0.2, 0.25) is 5.91 Å². The topological polar surface area (TPSA) is 130 Å². The van der Waals surface area contributed by atoms with Gasteiger partial charge in [0.1, 0.15) is 0 Å². The maximum absolute atomic E-state index is 13.1. The zero-order valence-electron chi connectivity index (χ0n) is 17.8. The first-order chi connectivity index (χ1) is 15.4. The van der Waals surface area contributed by atoms with Crippen LogP contribution < -0.4 is 16.4 Å².